The summed E-state index contributed by atoms with van der Waals surface area (Å²) in [5.74, 6) is -1.11. The van der Waals surface area contributed by atoms with E-state index in [4.69, 9.17) is 4.74 Å². The first-order chi connectivity index (χ1) is 16.1. The average Bonchev–Trinajstić information content (AvgIpc) is 2.96. The summed E-state index contributed by atoms with van der Waals surface area (Å²) >= 11 is 0. The molecule has 2 aromatic rings. The molecule has 0 radical (unpaired) electrons. The van der Waals surface area contributed by atoms with Gasteiger partial charge in [-0.2, -0.15) is 0 Å². The molecular weight excluding hydrogens is 420 g/mol. The predicted molar refractivity (Wildman–Crippen MR) is 124 cm³/mol. The smallest absolute Gasteiger partial charge is 0.407 e. The lowest BCUT2D eigenvalue weighted by Gasteiger charge is -2.27. The van der Waals surface area contributed by atoms with E-state index < -0.39 is 18.1 Å². The largest absolute Gasteiger partial charge is 0.480 e. The first kappa shape index (κ1) is 22.8. The Balaban J connectivity index is 1.24. The van der Waals surface area contributed by atoms with E-state index in [-0.39, 0.29) is 24.9 Å². The van der Waals surface area contributed by atoms with Gasteiger partial charge in [-0.25, -0.2) is 9.59 Å². The number of ether oxygens (including phenoxy) is 1. The number of hydrogen-bond donors (Lipinski definition) is 2. The van der Waals surface area contributed by atoms with Crippen molar-refractivity contribution < 1.29 is 24.2 Å². The van der Waals surface area contributed by atoms with Crippen LogP contribution >= 0.6 is 0 Å². The molecule has 7 nitrogen and oxygen atoms in total. The van der Waals surface area contributed by atoms with Crippen LogP contribution in [0.4, 0.5) is 4.79 Å². The van der Waals surface area contributed by atoms with E-state index in [0.29, 0.717) is 25.9 Å². The Kier molecular flexibility index (Phi) is 7.27. The fourth-order valence-electron chi connectivity index (χ4n) is 4.89. The molecule has 174 valence electrons. The molecule has 2 aliphatic rings. The van der Waals surface area contributed by atoms with Gasteiger partial charge in [-0.15, -0.1) is 0 Å². The maximum atomic E-state index is 12.6. The van der Waals surface area contributed by atoms with Crippen LogP contribution in [0.15, 0.2) is 48.5 Å². The third-order valence-corrected chi connectivity index (χ3v) is 6.54. The number of carboxylic acids is 1. The Bertz CT molecular complexity index is 976. The van der Waals surface area contributed by atoms with Crippen LogP contribution in [0.5, 0.6) is 0 Å². The molecule has 2 aromatic carbocycles. The van der Waals surface area contributed by atoms with Gasteiger partial charge in [0, 0.05) is 25.4 Å². The summed E-state index contributed by atoms with van der Waals surface area (Å²) in [6.07, 6.45) is 3.22. The van der Waals surface area contributed by atoms with Gasteiger partial charge in [0.15, 0.2) is 0 Å². The first-order valence-electron chi connectivity index (χ1n) is 11.7. The average molecular weight is 451 g/mol. The van der Waals surface area contributed by atoms with Crippen LogP contribution in [0.3, 0.4) is 0 Å². The van der Waals surface area contributed by atoms with Gasteiger partial charge in [0.05, 0.1) is 0 Å². The summed E-state index contributed by atoms with van der Waals surface area (Å²) in [6.45, 7) is 1.02. The van der Waals surface area contributed by atoms with Crippen LogP contribution in [-0.2, 0) is 14.3 Å². The first-order valence-corrected chi connectivity index (χ1v) is 11.7. The molecule has 1 aliphatic carbocycles. The fraction of sp³-hybridized carbons (Fsp3) is 0.423. The number of aliphatic carboxylic acids is 1. The Morgan fingerprint density at radius 3 is 2.30 bits per heavy atom. The molecule has 1 saturated heterocycles. The van der Waals surface area contributed by atoms with E-state index in [1.165, 1.54) is 16.0 Å². The standard InChI is InChI=1S/C26H30N2O5/c29-24(28-16-7-1-2-13-23(28)25(30)31)14-8-15-27-26(32)33-17-22-20-11-5-3-9-18(20)19-10-4-6-12-21(19)22/h3-6,9-12,22-23H,1-2,7-8,13-17H2,(H,27,32)(H,30,31). The minimum atomic E-state index is -0.943. The number of nitrogens with zero attached hydrogens (tertiary/aromatic N) is 1. The quantitative estimate of drug-likeness (QED) is 0.618. The van der Waals surface area contributed by atoms with Crippen molar-refractivity contribution in [3.05, 3.63) is 59.7 Å². The molecule has 0 bridgehead atoms. The van der Waals surface area contributed by atoms with Gasteiger partial charge >= 0.3 is 12.1 Å². The number of carbonyl (C=O) groups is 3. The number of amides is 2. The van der Waals surface area contributed by atoms with E-state index in [1.807, 2.05) is 24.3 Å². The van der Waals surface area contributed by atoms with Crippen molar-refractivity contribution in [2.24, 2.45) is 0 Å². The van der Waals surface area contributed by atoms with Crippen LogP contribution in [-0.4, -0.2) is 53.7 Å². The summed E-state index contributed by atoms with van der Waals surface area (Å²) in [5.41, 5.74) is 4.66. The molecule has 1 aliphatic heterocycles. The van der Waals surface area contributed by atoms with Gasteiger partial charge < -0.3 is 20.1 Å². The zero-order valence-corrected chi connectivity index (χ0v) is 18.7. The number of likely N-dealkylation sites (tertiary alicyclic amines) is 1. The number of rotatable bonds is 7. The van der Waals surface area contributed by atoms with Gasteiger partial charge in [0.25, 0.3) is 0 Å². The molecule has 4 rings (SSSR count). The Morgan fingerprint density at radius 1 is 0.970 bits per heavy atom. The van der Waals surface area contributed by atoms with Crippen molar-refractivity contribution in [1.29, 1.82) is 0 Å². The predicted octanol–water partition coefficient (Wildman–Crippen LogP) is 4.16. The summed E-state index contributed by atoms with van der Waals surface area (Å²) in [6, 6.07) is 15.6. The lowest BCUT2D eigenvalue weighted by Crippen LogP contribution is -2.44. The molecule has 1 fully saturated rings. The second-order valence-electron chi connectivity index (χ2n) is 8.65. The maximum Gasteiger partial charge on any atom is 0.407 e. The van der Waals surface area contributed by atoms with Crippen LogP contribution < -0.4 is 5.32 Å². The molecule has 0 aromatic heterocycles. The Hall–Kier alpha value is -3.35. The zero-order valence-electron chi connectivity index (χ0n) is 18.7. The molecule has 1 heterocycles. The third-order valence-electron chi connectivity index (χ3n) is 6.54. The van der Waals surface area contributed by atoms with Crippen molar-refractivity contribution >= 4 is 18.0 Å². The highest BCUT2D eigenvalue weighted by Gasteiger charge is 2.31. The lowest BCUT2D eigenvalue weighted by molar-refractivity contribution is -0.150. The summed E-state index contributed by atoms with van der Waals surface area (Å²) < 4.78 is 5.50. The van der Waals surface area contributed by atoms with Crippen molar-refractivity contribution in [1.82, 2.24) is 10.2 Å². The van der Waals surface area contributed by atoms with Crippen LogP contribution in [0.25, 0.3) is 11.1 Å². The molecule has 7 heteroatoms. The lowest BCUT2D eigenvalue weighted by atomic mass is 9.98. The molecule has 0 saturated carbocycles. The molecule has 2 amide bonds. The van der Waals surface area contributed by atoms with Crippen molar-refractivity contribution in [3.8, 4) is 11.1 Å². The normalized spacial score (nSPS) is 17.6. The van der Waals surface area contributed by atoms with E-state index >= 15 is 0 Å². The Labute approximate surface area is 193 Å². The summed E-state index contributed by atoms with van der Waals surface area (Å²) in [4.78, 5) is 37.8. The molecule has 0 spiro atoms. The van der Waals surface area contributed by atoms with Crippen LogP contribution in [0.2, 0.25) is 0 Å². The van der Waals surface area contributed by atoms with Crippen molar-refractivity contribution in [2.45, 2.75) is 50.5 Å². The minimum absolute atomic E-state index is 0.000663. The van der Waals surface area contributed by atoms with E-state index in [2.05, 4.69) is 29.6 Å². The number of benzene rings is 2. The highest BCUT2D eigenvalue weighted by Crippen LogP contribution is 2.44. The van der Waals surface area contributed by atoms with E-state index in [9.17, 15) is 19.5 Å². The number of carboxylic acid groups (broad SMARTS) is 1. The second kappa shape index (κ2) is 10.5. The molecule has 1 atom stereocenters. The fourth-order valence-corrected chi connectivity index (χ4v) is 4.89. The van der Waals surface area contributed by atoms with Gasteiger partial charge in [-0.05, 0) is 41.5 Å². The highest BCUT2D eigenvalue weighted by molar-refractivity contribution is 5.84. The topological polar surface area (TPSA) is 95.9 Å². The zero-order chi connectivity index (χ0) is 23.2. The molecular formula is C26H30N2O5. The monoisotopic (exact) mass is 450 g/mol. The highest BCUT2D eigenvalue weighted by atomic mass is 16.5. The molecule has 33 heavy (non-hydrogen) atoms. The number of fused-ring (bicyclic) bond motifs is 3. The molecule has 2 N–H and O–H groups in total. The van der Waals surface area contributed by atoms with Crippen molar-refractivity contribution in [3.63, 3.8) is 0 Å². The van der Waals surface area contributed by atoms with Crippen LogP contribution in [0, 0.1) is 0 Å². The summed E-state index contributed by atoms with van der Waals surface area (Å²) in [7, 11) is 0. The maximum absolute atomic E-state index is 12.6. The number of carbonyl (C=O) groups excluding carboxylic acids is 2. The van der Waals surface area contributed by atoms with Gasteiger partial charge in [-0.1, -0.05) is 61.4 Å². The SMILES string of the molecule is O=C(NCCCC(=O)N1CCCCCC1C(=O)O)OCC1c2ccccc2-c2ccccc21. The number of hydrogen-bond acceptors (Lipinski definition) is 4. The van der Waals surface area contributed by atoms with Crippen LogP contribution in [0.1, 0.15) is 55.6 Å². The molecule has 1 unspecified atom stereocenters. The second-order valence-corrected chi connectivity index (χ2v) is 8.65. The number of alkyl carbamates (subject to hydrolysis) is 1. The van der Waals surface area contributed by atoms with Gasteiger partial charge in [0.2, 0.25) is 5.91 Å². The third kappa shape index (κ3) is 5.18. The van der Waals surface area contributed by atoms with E-state index in [0.717, 1.165) is 30.4 Å². The van der Waals surface area contributed by atoms with Crippen molar-refractivity contribution in [2.75, 3.05) is 19.7 Å². The van der Waals surface area contributed by atoms with Gasteiger partial charge in [-0.3, -0.25) is 4.79 Å². The minimum Gasteiger partial charge on any atom is -0.480 e. The summed E-state index contributed by atoms with van der Waals surface area (Å²) in [5, 5.41) is 12.1. The number of nitrogens with one attached hydrogen (secondary N) is 1. The van der Waals surface area contributed by atoms with Gasteiger partial charge in [0.1, 0.15) is 12.6 Å². The Morgan fingerprint density at radius 2 is 1.64 bits per heavy atom. The van der Waals surface area contributed by atoms with E-state index in [1.54, 1.807) is 0 Å².